The Morgan fingerprint density at radius 1 is 1.24 bits per heavy atom. The standard InChI is InChI=1S/C27H36FN4O6/c1-6-7-14-37-20-9-10-21(24(16-20)32(35)36)25(33)29-23-11-8-18(15-22(23)28)31-13-12-19(17-31)30(5)26(34)38-27(2,3)4/h8-11,15-16,19,35H,6-7,12-14,17H2,1-5H3,(H,29,33)/q-1. The molecule has 0 aliphatic carbocycles. The van der Waals surface area contributed by atoms with E-state index in [-0.39, 0.29) is 23.0 Å². The van der Waals surface area contributed by atoms with E-state index in [4.69, 9.17) is 9.47 Å². The van der Waals surface area contributed by atoms with Crippen molar-refractivity contribution >= 4 is 29.1 Å². The number of anilines is 3. The van der Waals surface area contributed by atoms with Crippen LogP contribution in [0.5, 0.6) is 5.75 Å². The summed E-state index contributed by atoms with van der Waals surface area (Å²) >= 11 is 0. The maximum Gasteiger partial charge on any atom is 0.410 e. The molecule has 0 bridgehead atoms. The molecule has 1 atom stereocenters. The highest BCUT2D eigenvalue weighted by atomic mass is 19.1. The predicted molar refractivity (Wildman–Crippen MR) is 143 cm³/mol. The molecule has 2 aromatic rings. The third-order valence-corrected chi connectivity index (χ3v) is 6.15. The maximum atomic E-state index is 15.0. The highest BCUT2D eigenvalue weighted by Gasteiger charge is 2.31. The van der Waals surface area contributed by atoms with Gasteiger partial charge in [0.1, 0.15) is 17.2 Å². The molecule has 2 amide bonds. The van der Waals surface area contributed by atoms with Crippen LogP contribution in [-0.4, -0.2) is 60.5 Å². The van der Waals surface area contributed by atoms with Crippen LogP contribution in [0.3, 0.4) is 0 Å². The topological polar surface area (TPSA) is 118 Å². The molecule has 1 aliphatic rings. The van der Waals surface area contributed by atoms with Crippen molar-refractivity contribution in [1.82, 2.24) is 4.90 Å². The van der Waals surface area contributed by atoms with Gasteiger partial charge in [0.2, 0.25) is 0 Å². The molecular formula is C27H36FN4O6-. The Bertz CT molecular complexity index is 1140. The summed E-state index contributed by atoms with van der Waals surface area (Å²) in [6.07, 6.45) is 2.02. The van der Waals surface area contributed by atoms with Crippen LogP contribution in [0.2, 0.25) is 0 Å². The van der Waals surface area contributed by atoms with E-state index in [2.05, 4.69) is 5.32 Å². The average Bonchev–Trinajstić information content (AvgIpc) is 3.34. The molecule has 0 saturated carbocycles. The van der Waals surface area contributed by atoms with Crippen molar-refractivity contribution in [2.75, 3.05) is 42.2 Å². The molecule has 2 aromatic carbocycles. The van der Waals surface area contributed by atoms with E-state index >= 15 is 0 Å². The number of hydrogen-bond donors (Lipinski definition) is 2. The molecule has 11 heteroatoms. The second kappa shape index (κ2) is 12.3. The Balaban J connectivity index is 1.67. The lowest BCUT2D eigenvalue weighted by Crippen LogP contribution is -2.42. The smallest absolute Gasteiger partial charge is 0.410 e. The van der Waals surface area contributed by atoms with Crippen LogP contribution < -0.4 is 20.2 Å². The van der Waals surface area contributed by atoms with E-state index in [0.29, 0.717) is 37.6 Å². The number of carbonyl (C=O) groups excluding carboxylic acids is 2. The average molecular weight is 532 g/mol. The van der Waals surface area contributed by atoms with Crippen molar-refractivity contribution in [1.29, 1.82) is 0 Å². The van der Waals surface area contributed by atoms with E-state index in [1.54, 1.807) is 18.0 Å². The minimum atomic E-state index is -0.762. The summed E-state index contributed by atoms with van der Waals surface area (Å²) < 4.78 is 25.9. The zero-order valence-corrected chi connectivity index (χ0v) is 22.5. The van der Waals surface area contributed by atoms with Crippen molar-refractivity contribution in [2.45, 2.75) is 58.6 Å². The molecule has 10 nitrogen and oxygen atoms in total. The fourth-order valence-electron chi connectivity index (χ4n) is 4.05. The van der Waals surface area contributed by atoms with Gasteiger partial charge in [0.15, 0.2) is 0 Å². The molecule has 0 spiro atoms. The van der Waals surface area contributed by atoms with Crippen LogP contribution >= 0.6 is 0 Å². The van der Waals surface area contributed by atoms with Crippen LogP contribution in [0.15, 0.2) is 36.4 Å². The van der Waals surface area contributed by atoms with Crippen LogP contribution in [0.25, 0.3) is 0 Å². The Morgan fingerprint density at radius 3 is 2.61 bits per heavy atom. The zero-order chi connectivity index (χ0) is 28.0. The number of hydrogen-bond acceptors (Lipinski definition) is 8. The molecule has 38 heavy (non-hydrogen) atoms. The van der Waals surface area contributed by atoms with Crippen LogP contribution in [-0.2, 0) is 4.74 Å². The number of ether oxygens (including phenoxy) is 2. The highest BCUT2D eigenvalue weighted by molar-refractivity contribution is 6.08. The number of likely N-dealkylation sites (N-methyl/N-ethyl adjacent to an activating group) is 1. The fourth-order valence-corrected chi connectivity index (χ4v) is 4.05. The molecule has 208 valence electrons. The third-order valence-electron chi connectivity index (χ3n) is 6.15. The van der Waals surface area contributed by atoms with Crippen molar-refractivity contribution in [3.63, 3.8) is 0 Å². The van der Waals surface area contributed by atoms with Gasteiger partial charge < -0.3 is 35.0 Å². The highest BCUT2D eigenvalue weighted by Crippen LogP contribution is 2.29. The molecule has 2 N–H and O–H groups in total. The molecule has 1 heterocycles. The van der Waals surface area contributed by atoms with Crippen molar-refractivity contribution < 1.29 is 28.7 Å². The van der Waals surface area contributed by atoms with E-state index < -0.39 is 28.6 Å². The molecule has 1 unspecified atom stereocenters. The summed E-state index contributed by atoms with van der Waals surface area (Å²) in [5, 5.41) is 23.2. The summed E-state index contributed by atoms with van der Waals surface area (Å²) in [4.78, 5) is 28.7. The Labute approximate surface area is 222 Å². The number of rotatable bonds is 9. The molecule has 0 radical (unpaired) electrons. The van der Waals surface area contributed by atoms with Crippen LogP contribution in [0.4, 0.5) is 26.2 Å². The Morgan fingerprint density at radius 2 is 1.97 bits per heavy atom. The van der Waals surface area contributed by atoms with Gasteiger partial charge in [0.05, 0.1) is 29.6 Å². The largest absolute Gasteiger partial charge is 0.733 e. The first-order valence-corrected chi connectivity index (χ1v) is 12.6. The molecule has 3 rings (SSSR count). The first-order valence-electron chi connectivity index (χ1n) is 12.6. The minimum Gasteiger partial charge on any atom is -0.733 e. The van der Waals surface area contributed by atoms with E-state index in [1.165, 1.54) is 30.3 Å². The molecule has 1 saturated heterocycles. The van der Waals surface area contributed by atoms with Gasteiger partial charge in [-0.2, -0.15) is 0 Å². The number of nitrogens with zero attached hydrogens (tertiary/aromatic N) is 3. The lowest BCUT2D eigenvalue weighted by molar-refractivity contribution is 0.0237. The Hall–Kier alpha value is -3.57. The molecular weight excluding hydrogens is 495 g/mol. The summed E-state index contributed by atoms with van der Waals surface area (Å²) in [6, 6.07) is 8.43. The van der Waals surface area contributed by atoms with Gasteiger partial charge in [-0.1, -0.05) is 13.3 Å². The SMILES string of the molecule is CCCCOc1ccc(C(=O)Nc2ccc(N3CCC(N(C)C(=O)OC(C)(C)C)C3)cc2F)c(N([O-])O)c1. The van der Waals surface area contributed by atoms with Crippen molar-refractivity contribution in [2.24, 2.45) is 0 Å². The van der Waals surface area contributed by atoms with E-state index in [9.17, 15) is 24.4 Å². The van der Waals surface area contributed by atoms with Crippen LogP contribution in [0.1, 0.15) is 57.3 Å². The summed E-state index contributed by atoms with van der Waals surface area (Å²) in [5.74, 6) is -1.10. The summed E-state index contributed by atoms with van der Waals surface area (Å²) in [5.41, 5.74) is -0.519. The quantitative estimate of drug-likeness (QED) is 0.326. The lowest BCUT2D eigenvalue weighted by Gasteiger charge is -2.29. The molecule has 1 fully saturated rings. The minimum absolute atomic E-state index is 0.0787. The van der Waals surface area contributed by atoms with Crippen LogP contribution in [0, 0.1) is 11.0 Å². The maximum absolute atomic E-state index is 15.0. The first-order chi connectivity index (χ1) is 17.9. The van der Waals surface area contributed by atoms with Gasteiger partial charge in [0, 0.05) is 31.9 Å². The monoisotopic (exact) mass is 531 g/mol. The summed E-state index contributed by atoms with van der Waals surface area (Å²) in [6.45, 7) is 8.99. The number of halogens is 1. The molecule has 1 aliphatic heterocycles. The number of amides is 2. The first kappa shape index (κ1) is 29.0. The van der Waals surface area contributed by atoms with Crippen molar-refractivity contribution in [3.8, 4) is 5.75 Å². The van der Waals surface area contributed by atoms with Crippen molar-refractivity contribution in [3.05, 3.63) is 53.0 Å². The van der Waals surface area contributed by atoms with Gasteiger partial charge in [0.25, 0.3) is 5.91 Å². The zero-order valence-electron chi connectivity index (χ0n) is 22.5. The second-order valence-corrected chi connectivity index (χ2v) is 10.3. The normalized spacial score (nSPS) is 15.3. The van der Waals surface area contributed by atoms with Gasteiger partial charge in [-0.05, 0) is 63.9 Å². The lowest BCUT2D eigenvalue weighted by atomic mass is 10.1. The van der Waals surface area contributed by atoms with Gasteiger partial charge in [-0.25, -0.2) is 9.18 Å². The number of carbonyl (C=O) groups is 2. The van der Waals surface area contributed by atoms with E-state index in [1.807, 2.05) is 32.6 Å². The number of unbranched alkanes of at least 4 members (excludes halogenated alkanes) is 1. The number of benzene rings is 2. The van der Waals surface area contributed by atoms with Gasteiger partial charge in [-0.3, -0.25) is 10.0 Å². The van der Waals surface area contributed by atoms with Gasteiger partial charge in [-0.15, -0.1) is 0 Å². The fraction of sp³-hybridized carbons (Fsp3) is 0.481. The second-order valence-electron chi connectivity index (χ2n) is 10.3. The van der Waals surface area contributed by atoms with Gasteiger partial charge >= 0.3 is 6.09 Å². The van der Waals surface area contributed by atoms with E-state index in [0.717, 1.165) is 12.8 Å². The molecule has 0 aromatic heterocycles. The third kappa shape index (κ3) is 7.48. The number of nitrogens with one attached hydrogen (secondary N) is 1. The Kier molecular flexibility index (Phi) is 9.40. The summed E-state index contributed by atoms with van der Waals surface area (Å²) in [7, 11) is 1.69. The predicted octanol–water partition coefficient (Wildman–Crippen LogP) is 5.40.